The first kappa shape index (κ1) is 11.0. The van der Waals surface area contributed by atoms with E-state index in [2.05, 4.69) is 36.3 Å². The van der Waals surface area contributed by atoms with E-state index in [1.54, 1.807) is 0 Å². The predicted octanol–water partition coefficient (Wildman–Crippen LogP) is 2.07. The van der Waals surface area contributed by atoms with Crippen LogP contribution in [0, 0.1) is 13.8 Å². The second-order valence-electron chi connectivity index (χ2n) is 4.17. The maximum atomic E-state index is 5.97. The van der Waals surface area contributed by atoms with E-state index >= 15 is 0 Å². The summed E-state index contributed by atoms with van der Waals surface area (Å²) in [6.45, 7) is 7.95. The monoisotopic (exact) mass is 218 g/mol. The van der Waals surface area contributed by atoms with Crippen LogP contribution < -0.4 is 10.1 Å². The van der Waals surface area contributed by atoms with Crippen LogP contribution in [0.4, 0.5) is 0 Å². The fourth-order valence-electron chi connectivity index (χ4n) is 1.91. The van der Waals surface area contributed by atoms with Gasteiger partial charge in [0.2, 0.25) is 0 Å². The lowest BCUT2D eigenvalue weighted by molar-refractivity contribution is 0.280. The molecule has 16 heavy (non-hydrogen) atoms. The quantitative estimate of drug-likeness (QED) is 0.842. The van der Waals surface area contributed by atoms with Crippen LogP contribution >= 0.6 is 0 Å². The molecule has 0 fully saturated rings. The maximum absolute atomic E-state index is 5.97. The lowest BCUT2D eigenvalue weighted by atomic mass is 10.1. The van der Waals surface area contributed by atoms with E-state index in [0.29, 0.717) is 0 Å². The van der Waals surface area contributed by atoms with Crippen molar-refractivity contribution in [3.8, 4) is 5.75 Å². The molecule has 0 unspecified atom stereocenters. The summed E-state index contributed by atoms with van der Waals surface area (Å²) < 4.78 is 5.97. The summed E-state index contributed by atoms with van der Waals surface area (Å²) in [6.07, 6.45) is 0.00213. The molecule has 0 bridgehead atoms. The van der Waals surface area contributed by atoms with Crippen LogP contribution in [0.1, 0.15) is 18.1 Å². The SMILES string of the molecule is Cc1cccc(C)c1O[C@@H](C)C1=NCCN1. The molecule has 1 aromatic rings. The molecule has 0 saturated heterocycles. The highest BCUT2D eigenvalue weighted by Crippen LogP contribution is 2.23. The molecule has 0 aromatic heterocycles. The van der Waals surface area contributed by atoms with Gasteiger partial charge >= 0.3 is 0 Å². The first-order chi connectivity index (χ1) is 7.68. The Balaban J connectivity index is 2.14. The van der Waals surface area contributed by atoms with Crippen molar-refractivity contribution in [2.75, 3.05) is 13.1 Å². The van der Waals surface area contributed by atoms with Crippen molar-refractivity contribution >= 4 is 5.84 Å². The summed E-state index contributed by atoms with van der Waals surface area (Å²) in [5, 5.41) is 3.24. The fraction of sp³-hybridized carbons (Fsp3) is 0.462. The van der Waals surface area contributed by atoms with Crippen molar-refractivity contribution in [3.63, 3.8) is 0 Å². The van der Waals surface area contributed by atoms with Gasteiger partial charge in [0.25, 0.3) is 0 Å². The average molecular weight is 218 g/mol. The van der Waals surface area contributed by atoms with E-state index in [1.165, 1.54) is 11.1 Å². The Morgan fingerprint density at radius 2 is 2.00 bits per heavy atom. The van der Waals surface area contributed by atoms with Crippen LogP contribution in [0.5, 0.6) is 5.75 Å². The summed E-state index contributed by atoms with van der Waals surface area (Å²) in [5.41, 5.74) is 2.34. The van der Waals surface area contributed by atoms with Crippen molar-refractivity contribution in [1.29, 1.82) is 0 Å². The van der Waals surface area contributed by atoms with E-state index in [9.17, 15) is 0 Å². The van der Waals surface area contributed by atoms with E-state index in [1.807, 2.05) is 13.0 Å². The number of amidine groups is 1. The number of para-hydroxylation sites is 1. The zero-order valence-corrected chi connectivity index (χ0v) is 10.1. The van der Waals surface area contributed by atoms with E-state index in [-0.39, 0.29) is 6.10 Å². The molecule has 3 heteroatoms. The van der Waals surface area contributed by atoms with Gasteiger partial charge in [-0.2, -0.15) is 0 Å². The first-order valence-corrected chi connectivity index (χ1v) is 5.69. The van der Waals surface area contributed by atoms with Crippen molar-refractivity contribution < 1.29 is 4.74 Å². The lowest BCUT2D eigenvalue weighted by Crippen LogP contribution is -2.33. The van der Waals surface area contributed by atoms with E-state index in [4.69, 9.17) is 4.74 Å². The van der Waals surface area contributed by atoms with Crippen LogP contribution in [0.15, 0.2) is 23.2 Å². The van der Waals surface area contributed by atoms with Crippen LogP contribution in [0.25, 0.3) is 0 Å². The molecule has 0 aliphatic carbocycles. The molecule has 3 nitrogen and oxygen atoms in total. The maximum Gasteiger partial charge on any atom is 0.152 e. The molecule has 2 rings (SSSR count). The number of hydrogen-bond donors (Lipinski definition) is 1. The Morgan fingerprint density at radius 1 is 1.31 bits per heavy atom. The highest BCUT2D eigenvalue weighted by atomic mass is 16.5. The molecule has 1 heterocycles. The number of hydrogen-bond acceptors (Lipinski definition) is 3. The third-order valence-corrected chi connectivity index (χ3v) is 2.79. The predicted molar refractivity (Wildman–Crippen MR) is 66.3 cm³/mol. The van der Waals surface area contributed by atoms with Crippen LogP contribution in [-0.2, 0) is 0 Å². The number of benzene rings is 1. The minimum absolute atomic E-state index is 0.00213. The van der Waals surface area contributed by atoms with Gasteiger partial charge in [-0.1, -0.05) is 18.2 Å². The second kappa shape index (κ2) is 4.56. The van der Waals surface area contributed by atoms with Gasteiger partial charge in [-0.05, 0) is 31.9 Å². The third kappa shape index (κ3) is 2.18. The van der Waals surface area contributed by atoms with Crippen molar-refractivity contribution in [2.24, 2.45) is 4.99 Å². The summed E-state index contributed by atoms with van der Waals surface area (Å²) in [5.74, 6) is 1.94. The molecule has 1 aliphatic rings. The summed E-state index contributed by atoms with van der Waals surface area (Å²) >= 11 is 0. The lowest BCUT2D eigenvalue weighted by Gasteiger charge is -2.18. The second-order valence-corrected chi connectivity index (χ2v) is 4.17. The van der Waals surface area contributed by atoms with Gasteiger partial charge in [-0.15, -0.1) is 0 Å². The zero-order valence-electron chi connectivity index (χ0n) is 10.1. The van der Waals surface area contributed by atoms with Crippen molar-refractivity contribution in [2.45, 2.75) is 26.9 Å². The standard InChI is InChI=1S/C13H18N2O/c1-9-5-4-6-10(2)12(9)16-11(3)13-14-7-8-15-13/h4-6,11H,7-8H2,1-3H3,(H,14,15)/t11-/m0/s1. The Bertz CT molecular complexity index is 392. The highest BCUT2D eigenvalue weighted by Gasteiger charge is 2.16. The van der Waals surface area contributed by atoms with E-state index < -0.39 is 0 Å². The van der Waals surface area contributed by atoms with Gasteiger partial charge in [0, 0.05) is 6.54 Å². The summed E-state index contributed by atoms with van der Waals surface area (Å²) in [6, 6.07) is 6.19. The molecule has 0 spiro atoms. The summed E-state index contributed by atoms with van der Waals surface area (Å²) in [4.78, 5) is 4.37. The molecule has 0 amide bonds. The average Bonchev–Trinajstić information content (AvgIpc) is 2.76. The number of aliphatic imine (C=N–C) groups is 1. The minimum Gasteiger partial charge on any atom is -0.482 e. The summed E-state index contributed by atoms with van der Waals surface area (Å²) in [7, 11) is 0. The fourth-order valence-corrected chi connectivity index (χ4v) is 1.91. The van der Waals surface area contributed by atoms with Crippen molar-refractivity contribution in [1.82, 2.24) is 5.32 Å². The Kier molecular flexibility index (Phi) is 3.13. The van der Waals surface area contributed by atoms with Gasteiger partial charge < -0.3 is 10.1 Å². The number of nitrogens with one attached hydrogen (secondary N) is 1. The van der Waals surface area contributed by atoms with Crippen molar-refractivity contribution in [3.05, 3.63) is 29.3 Å². The molecule has 1 atom stereocenters. The number of aryl methyl sites for hydroxylation is 2. The Morgan fingerprint density at radius 3 is 2.56 bits per heavy atom. The molecule has 1 aliphatic heterocycles. The third-order valence-electron chi connectivity index (χ3n) is 2.79. The molecule has 0 radical (unpaired) electrons. The van der Waals surface area contributed by atoms with Gasteiger partial charge in [0.1, 0.15) is 11.6 Å². The zero-order chi connectivity index (χ0) is 11.5. The molecular weight excluding hydrogens is 200 g/mol. The normalized spacial score (nSPS) is 16.6. The Labute approximate surface area is 96.5 Å². The van der Waals surface area contributed by atoms with Gasteiger partial charge in [0.15, 0.2) is 6.10 Å². The number of ether oxygens (including phenoxy) is 1. The largest absolute Gasteiger partial charge is 0.482 e. The molecule has 1 N–H and O–H groups in total. The van der Waals surface area contributed by atoms with Gasteiger partial charge in [-0.25, -0.2) is 0 Å². The highest BCUT2D eigenvalue weighted by molar-refractivity contribution is 5.87. The van der Waals surface area contributed by atoms with Gasteiger partial charge in [-0.3, -0.25) is 4.99 Å². The topological polar surface area (TPSA) is 33.6 Å². The van der Waals surface area contributed by atoms with Crippen LogP contribution in [-0.4, -0.2) is 25.0 Å². The molecule has 1 aromatic carbocycles. The molecule has 86 valence electrons. The molecular formula is C13H18N2O. The van der Waals surface area contributed by atoms with E-state index in [0.717, 1.165) is 24.7 Å². The Hall–Kier alpha value is -1.51. The first-order valence-electron chi connectivity index (χ1n) is 5.69. The number of rotatable bonds is 3. The number of nitrogens with zero attached hydrogens (tertiary/aromatic N) is 1. The smallest absolute Gasteiger partial charge is 0.152 e. The van der Waals surface area contributed by atoms with Gasteiger partial charge in [0.05, 0.1) is 6.54 Å². The van der Waals surface area contributed by atoms with Crippen LogP contribution in [0.3, 0.4) is 0 Å². The molecule has 0 saturated carbocycles. The minimum atomic E-state index is 0.00213. The van der Waals surface area contributed by atoms with Crippen LogP contribution in [0.2, 0.25) is 0 Å².